The first-order chi connectivity index (χ1) is 16.9. The molecule has 0 aliphatic heterocycles. The number of hydrogen-bond acceptors (Lipinski definition) is 4. The number of ether oxygens (including phenoxy) is 1. The highest BCUT2D eigenvalue weighted by atomic mass is 19.1. The van der Waals surface area contributed by atoms with Crippen molar-refractivity contribution in [2.24, 2.45) is 0 Å². The zero-order chi connectivity index (χ0) is 24.6. The van der Waals surface area contributed by atoms with Gasteiger partial charge in [0.25, 0.3) is 5.91 Å². The zero-order valence-electron chi connectivity index (χ0n) is 18.7. The second-order valence-electron chi connectivity index (χ2n) is 8.87. The van der Waals surface area contributed by atoms with E-state index in [1.807, 2.05) is 48.5 Å². The number of halogens is 1. The molecule has 1 saturated carbocycles. The number of rotatable bonds is 6. The highest BCUT2D eigenvalue weighted by molar-refractivity contribution is 5.99. The largest absolute Gasteiger partial charge is 0.480 e. The van der Waals surface area contributed by atoms with Crippen molar-refractivity contribution in [3.8, 4) is 11.1 Å². The standard InChI is InChI=1S/C27H23FN2O5/c28-17-12-16(24(31)30-27(25(32)33)10-5-11-27)13-18(14-17)29-26(34)35-15-23-21-8-3-1-6-19(21)20-7-2-4-9-22(20)23/h1-4,6-9,12-14,23H,5,10-11,15H2,(H,29,34)(H,30,31)(H,32,33). The highest BCUT2D eigenvalue weighted by Crippen LogP contribution is 2.44. The van der Waals surface area contributed by atoms with E-state index in [0.717, 1.165) is 34.4 Å². The number of amides is 2. The van der Waals surface area contributed by atoms with Gasteiger partial charge in [0.15, 0.2) is 0 Å². The number of anilines is 1. The van der Waals surface area contributed by atoms with Gasteiger partial charge in [-0.05, 0) is 59.7 Å². The van der Waals surface area contributed by atoms with E-state index in [2.05, 4.69) is 10.6 Å². The summed E-state index contributed by atoms with van der Waals surface area (Å²) < 4.78 is 19.7. The van der Waals surface area contributed by atoms with Gasteiger partial charge in [0, 0.05) is 17.2 Å². The Labute approximate surface area is 200 Å². The second-order valence-corrected chi connectivity index (χ2v) is 8.87. The van der Waals surface area contributed by atoms with Crippen molar-refractivity contribution in [2.45, 2.75) is 30.7 Å². The average Bonchev–Trinajstić information content (AvgIpc) is 3.13. The molecule has 35 heavy (non-hydrogen) atoms. The molecule has 178 valence electrons. The summed E-state index contributed by atoms with van der Waals surface area (Å²) in [6, 6.07) is 19.2. The van der Waals surface area contributed by atoms with Crippen LogP contribution in [0.5, 0.6) is 0 Å². The fourth-order valence-electron chi connectivity index (χ4n) is 4.76. The van der Waals surface area contributed by atoms with Gasteiger partial charge in [-0.2, -0.15) is 0 Å². The van der Waals surface area contributed by atoms with Crippen molar-refractivity contribution in [2.75, 3.05) is 11.9 Å². The van der Waals surface area contributed by atoms with Crippen molar-refractivity contribution >= 4 is 23.7 Å². The van der Waals surface area contributed by atoms with Gasteiger partial charge in [0.2, 0.25) is 0 Å². The average molecular weight is 474 g/mol. The van der Waals surface area contributed by atoms with Crippen LogP contribution in [-0.2, 0) is 9.53 Å². The number of nitrogens with one attached hydrogen (secondary N) is 2. The third-order valence-corrected chi connectivity index (χ3v) is 6.72. The Morgan fingerprint density at radius 3 is 2.17 bits per heavy atom. The molecule has 2 amide bonds. The molecule has 0 atom stereocenters. The van der Waals surface area contributed by atoms with Crippen LogP contribution in [0.1, 0.15) is 46.7 Å². The lowest BCUT2D eigenvalue weighted by Crippen LogP contribution is -2.59. The number of carbonyl (C=O) groups excluding carboxylic acids is 2. The number of hydrogen-bond donors (Lipinski definition) is 3. The summed E-state index contributed by atoms with van der Waals surface area (Å²) in [5.74, 6) is -2.71. The second kappa shape index (κ2) is 8.87. The normalized spacial score (nSPS) is 15.3. The molecule has 1 fully saturated rings. The molecule has 3 N–H and O–H groups in total. The maximum absolute atomic E-state index is 14.2. The van der Waals surface area contributed by atoms with Crippen molar-refractivity contribution in [3.63, 3.8) is 0 Å². The number of carbonyl (C=O) groups is 3. The molecule has 0 spiro atoms. The van der Waals surface area contributed by atoms with Crippen molar-refractivity contribution in [1.29, 1.82) is 0 Å². The smallest absolute Gasteiger partial charge is 0.411 e. The van der Waals surface area contributed by atoms with Crippen LogP contribution in [0.2, 0.25) is 0 Å². The highest BCUT2D eigenvalue weighted by Gasteiger charge is 2.45. The summed E-state index contributed by atoms with van der Waals surface area (Å²) >= 11 is 0. The molecule has 3 aromatic rings. The molecule has 2 aliphatic carbocycles. The topological polar surface area (TPSA) is 105 Å². The zero-order valence-corrected chi connectivity index (χ0v) is 18.7. The van der Waals surface area contributed by atoms with E-state index < -0.39 is 29.3 Å². The quantitative estimate of drug-likeness (QED) is 0.470. The molecular weight excluding hydrogens is 451 g/mol. The van der Waals surface area contributed by atoms with Crippen LogP contribution in [0, 0.1) is 5.82 Å². The summed E-state index contributed by atoms with van der Waals surface area (Å²) in [4.78, 5) is 36.6. The monoisotopic (exact) mass is 474 g/mol. The maximum atomic E-state index is 14.2. The van der Waals surface area contributed by atoms with Crippen molar-refractivity contribution in [3.05, 3.63) is 89.2 Å². The fourth-order valence-corrected chi connectivity index (χ4v) is 4.76. The molecule has 0 saturated heterocycles. The molecule has 3 aromatic carbocycles. The molecule has 2 aliphatic rings. The molecule has 0 aromatic heterocycles. The van der Waals surface area contributed by atoms with Crippen LogP contribution < -0.4 is 10.6 Å². The van der Waals surface area contributed by atoms with Crippen LogP contribution in [0.3, 0.4) is 0 Å². The van der Waals surface area contributed by atoms with Crippen LogP contribution in [0.4, 0.5) is 14.9 Å². The first-order valence-corrected chi connectivity index (χ1v) is 11.3. The Kier molecular flexibility index (Phi) is 5.72. The molecule has 0 bridgehead atoms. The lowest BCUT2D eigenvalue weighted by atomic mass is 9.76. The van der Waals surface area contributed by atoms with Gasteiger partial charge in [0.05, 0.1) is 0 Å². The van der Waals surface area contributed by atoms with Gasteiger partial charge < -0.3 is 15.2 Å². The van der Waals surface area contributed by atoms with E-state index in [0.29, 0.717) is 19.3 Å². The van der Waals surface area contributed by atoms with E-state index in [9.17, 15) is 23.9 Å². The first kappa shape index (κ1) is 22.6. The van der Waals surface area contributed by atoms with Crippen LogP contribution in [-0.4, -0.2) is 35.2 Å². The Morgan fingerprint density at radius 2 is 1.60 bits per heavy atom. The van der Waals surface area contributed by atoms with E-state index in [4.69, 9.17) is 4.74 Å². The predicted molar refractivity (Wildman–Crippen MR) is 127 cm³/mol. The van der Waals surface area contributed by atoms with Gasteiger partial charge in [-0.3, -0.25) is 10.1 Å². The van der Waals surface area contributed by atoms with Gasteiger partial charge >= 0.3 is 12.1 Å². The minimum Gasteiger partial charge on any atom is -0.480 e. The SMILES string of the molecule is O=C(Nc1cc(F)cc(C(=O)NC2(C(=O)O)CCC2)c1)OCC1c2ccccc2-c2ccccc21. The first-order valence-electron chi connectivity index (χ1n) is 11.3. The molecule has 7 nitrogen and oxygen atoms in total. The van der Waals surface area contributed by atoms with Crippen LogP contribution in [0.25, 0.3) is 11.1 Å². The molecule has 5 rings (SSSR count). The van der Waals surface area contributed by atoms with Gasteiger partial charge in [-0.1, -0.05) is 48.5 Å². The molecule has 0 unspecified atom stereocenters. The fraction of sp³-hybridized carbons (Fsp3) is 0.222. The maximum Gasteiger partial charge on any atom is 0.411 e. The predicted octanol–water partition coefficient (Wildman–Crippen LogP) is 4.92. The third-order valence-electron chi connectivity index (χ3n) is 6.72. The van der Waals surface area contributed by atoms with Gasteiger partial charge in [0.1, 0.15) is 18.0 Å². The number of aliphatic carboxylic acids is 1. The summed E-state index contributed by atoms with van der Waals surface area (Å²) in [5.41, 5.74) is 2.94. The number of fused-ring (bicyclic) bond motifs is 3. The number of carboxylic acid groups (broad SMARTS) is 1. The van der Waals surface area contributed by atoms with E-state index in [1.165, 1.54) is 6.07 Å². The summed E-state index contributed by atoms with van der Waals surface area (Å²) in [5, 5.41) is 14.4. The van der Waals surface area contributed by atoms with E-state index in [-0.39, 0.29) is 23.8 Å². The Hall–Kier alpha value is -4.20. The van der Waals surface area contributed by atoms with Crippen molar-refractivity contribution < 1.29 is 28.6 Å². The van der Waals surface area contributed by atoms with Crippen LogP contribution >= 0.6 is 0 Å². The lowest BCUT2D eigenvalue weighted by molar-refractivity contribution is -0.148. The molecule has 0 radical (unpaired) electrons. The minimum atomic E-state index is -1.33. The molecule has 0 heterocycles. The van der Waals surface area contributed by atoms with E-state index in [1.54, 1.807) is 0 Å². The molecule has 8 heteroatoms. The Morgan fingerprint density at radius 1 is 0.971 bits per heavy atom. The minimum absolute atomic E-state index is 0.0327. The third kappa shape index (κ3) is 4.23. The van der Waals surface area contributed by atoms with Crippen LogP contribution in [0.15, 0.2) is 66.7 Å². The molecular formula is C27H23FN2O5. The van der Waals surface area contributed by atoms with E-state index >= 15 is 0 Å². The lowest BCUT2D eigenvalue weighted by Gasteiger charge is -2.38. The van der Waals surface area contributed by atoms with Gasteiger partial charge in [-0.25, -0.2) is 14.0 Å². The number of carboxylic acids is 1. The summed E-state index contributed by atoms with van der Waals surface area (Å²) in [6.45, 7) is 0.0870. The van der Waals surface area contributed by atoms with Crippen molar-refractivity contribution in [1.82, 2.24) is 5.32 Å². The van der Waals surface area contributed by atoms with Gasteiger partial charge in [-0.15, -0.1) is 0 Å². The Bertz CT molecular complexity index is 1290. The number of benzene rings is 3. The summed E-state index contributed by atoms with van der Waals surface area (Å²) in [7, 11) is 0. The Balaban J connectivity index is 1.27. The summed E-state index contributed by atoms with van der Waals surface area (Å²) in [6.07, 6.45) is 0.525.